The molecule has 0 saturated heterocycles. The van der Waals surface area contributed by atoms with E-state index in [-0.39, 0.29) is 59.1 Å². The average Bonchev–Trinajstić information content (AvgIpc) is 1.61. The number of carbonyl (C=O) groups excluding carboxylic acids is 2. The molecule has 0 aliphatic heterocycles. The fourth-order valence-electron chi connectivity index (χ4n) is 0.136. The normalized spacial score (nSPS) is 7.60. The molecule has 0 amide bonds. The summed E-state index contributed by atoms with van der Waals surface area (Å²) in [6.45, 7) is 0. The largest absolute Gasteiger partial charge is 1.00 e. The van der Waals surface area contributed by atoms with Crippen LogP contribution in [-0.2, 0) is 9.59 Å². The van der Waals surface area contributed by atoms with Crippen LogP contribution in [0.4, 0.5) is 0 Å². The van der Waals surface area contributed by atoms with Crippen LogP contribution in [-0.4, -0.2) is 11.9 Å². The van der Waals surface area contributed by atoms with Gasteiger partial charge < -0.3 is 19.8 Å². The summed E-state index contributed by atoms with van der Waals surface area (Å²) < 4.78 is 0. The Kier molecular flexibility index (Phi) is 16.4. The van der Waals surface area contributed by atoms with E-state index < -0.39 is 11.9 Å². The Labute approximate surface area is 102 Å². The van der Waals surface area contributed by atoms with E-state index in [1.54, 1.807) is 0 Å². The van der Waals surface area contributed by atoms with Crippen LogP contribution in [0.2, 0.25) is 0 Å². The van der Waals surface area contributed by atoms with Crippen molar-refractivity contribution in [3.05, 3.63) is 12.2 Å². The van der Waals surface area contributed by atoms with E-state index in [2.05, 4.69) is 0 Å². The number of carboxylic acids is 2. The summed E-state index contributed by atoms with van der Waals surface area (Å²) in [5, 5.41) is 18.8. The fraction of sp³-hybridized carbons (Fsp3) is 0. The Morgan fingerprint density at radius 3 is 1.20 bits per heavy atom. The number of rotatable bonds is 2. The Bertz CT molecular complexity index is 126. The summed E-state index contributed by atoms with van der Waals surface area (Å²) in [5.74, 6) is -3.09. The molecule has 0 bridgehead atoms. The van der Waals surface area contributed by atoms with Gasteiger partial charge in [0.1, 0.15) is 0 Å². The zero-order valence-corrected chi connectivity index (χ0v) is 9.79. The molecule has 0 rings (SSSR count). The van der Waals surface area contributed by atoms with Gasteiger partial charge in [0.2, 0.25) is 0 Å². The van der Waals surface area contributed by atoms with Gasteiger partial charge in [-0.1, -0.05) is 0 Å². The molecule has 44 valence electrons. The minimum Gasteiger partial charge on any atom is -0.545 e. The molecule has 0 aliphatic carbocycles. The molecule has 0 spiro atoms. The van der Waals surface area contributed by atoms with E-state index in [1.807, 2.05) is 0 Å². The van der Waals surface area contributed by atoms with Gasteiger partial charge in [0.25, 0.3) is 0 Å². The summed E-state index contributed by atoms with van der Waals surface area (Å²) in [4.78, 5) is 18.8. The molecule has 0 atom stereocenters. The van der Waals surface area contributed by atoms with Crippen LogP contribution in [0.1, 0.15) is 0 Å². The fourth-order valence-corrected chi connectivity index (χ4v) is 0.136. The zero-order valence-electron chi connectivity index (χ0n) is 5.79. The van der Waals surface area contributed by atoms with E-state index in [4.69, 9.17) is 0 Å². The Morgan fingerprint density at radius 1 is 0.900 bits per heavy atom. The van der Waals surface area contributed by atoms with Crippen LogP contribution in [0.25, 0.3) is 0 Å². The van der Waals surface area contributed by atoms with Gasteiger partial charge in [-0.25, -0.2) is 0 Å². The molecule has 0 radical (unpaired) electrons. The van der Waals surface area contributed by atoms with Gasteiger partial charge in [-0.05, 0) is 12.2 Å². The van der Waals surface area contributed by atoms with Crippen molar-refractivity contribution in [3.8, 4) is 0 Å². The minimum atomic E-state index is -1.55. The van der Waals surface area contributed by atoms with Crippen LogP contribution >= 0.6 is 0 Å². The van der Waals surface area contributed by atoms with Gasteiger partial charge in [0.15, 0.2) is 0 Å². The van der Waals surface area contributed by atoms with Gasteiger partial charge in [-0.3, -0.25) is 0 Å². The van der Waals surface area contributed by atoms with Crippen LogP contribution < -0.4 is 69.3 Å². The molecule has 10 heavy (non-hydrogen) atoms. The molecule has 0 heterocycles. The van der Waals surface area contributed by atoms with Crippen molar-refractivity contribution in [2.75, 3.05) is 0 Å². The first-order valence-corrected chi connectivity index (χ1v) is 1.73. The molecule has 0 unspecified atom stereocenters. The van der Waals surface area contributed by atoms with Crippen molar-refractivity contribution >= 4 is 11.9 Å². The van der Waals surface area contributed by atoms with E-state index >= 15 is 0 Å². The van der Waals surface area contributed by atoms with Gasteiger partial charge in [-0.15, -0.1) is 0 Å². The topological polar surface area (TPSA) is 80.3 Å². The minimum absolute atomic E-state index is 0. The maximum Gasteiger partial charge on any atom is 1.00 e. The molecular formula is C4H2Na2O4. The monoisotopic (exact) mass is 160 g/mol. The molecule has 0 saturated carbocycles. The molecule has 0 fully saturated rings. The van der Waals surface area contributed by atoms with Crippen LogP contribution in [0.3, 0.4) is 0 Å². The van der Waals surface area contributed by atoms with Crippen LogP contribution in [0.5, 0.6) is 0 Å². The molecule has 0 N–H and O–H groups in total. The summed E-state index contributed by atoms with van der Waals surface area (Å²) in [7, 11) is 0. The molecule has 4 nitrogen and oxygen atoms in total. The maximum absolute atomic E-state index is 9.41. The van der Waals surface area contributed by atoms with Crippen molar-refractivity contribution in [3.63, 3.8) is 0 Å². The van der Waals surface area contributed by atoms with Crippen LogP contribution in [0.15, 0.2) is 12.2 Å². The SMILES string of the molecule is O=C([O-])/C=C\C(=O)[O-].[Na+].[Na+]. The Morgan fingerprint density at radius 2 is 1.10 bits per heavy atom. The second-order valence-electron chi connectivity index (χ2n) is 0.971. The number of hydrogen-bond donors (Lipinski definition) is 0. The molecule has 0 aromatic carbocycles. The standard InChI is InChI=1S/C4H4O4.2Na/c5-3(6)1-2-4(7)8;;/h1-2H,(H,5,6)(H,7,8);;/q;2*+1/p-2/b2-1-;;. The molecule has 0 aliphatic rings. The van der Waals surface area contributed by atoms with Gasteiger partial charge in [-0.2, -0.15) is 0 Å². The molecule has 0 aromatic heterocycles. The number of carboxylic acid groups (broad SMARTS) is 2. The first-order chi connectivity index (χ1) is 3.63. The van der Waals surface area contributed by atoms with Gasteiger partial charge in [0, 0.05) is 0 Å². The zero-order chi connectivity index (χ0) is 6.57. The van der Waals surface area contributed by atoms with Gasteiger partial charge in [0.05, 0.1) is 11.9 Å². The van der Waals surface area contributed by atoms with E-state index in [0.29, 0.717) is 12.2 Å². The summed E-state index contributed by atoms with van der Waals surface area (Å²) in [5.41, 5.74) is 0. The average molecular weight is 160 g/mol. The van der Waals surface area contributed by atoms with Gasteiger partial charge >= 0.3 is 59.1 Å². The number of carbonyl (C=O) groups is 2. The van der Waals surface area contributed by atoms with Crippen LogP contribution in [0, 0.1) is 0 Å². The molecular weight excluding hydrogens is 158 g/mol. The van der Waals surface area contributed by atoms with Crippen molar-refractivity contribution in [2.45, 2.75) is 0 Å². The number of hydrogen-bond acceptors (Lipinski definition) is 4. The smallest absolute Gasteiger partial charge is 0.545 e. The Hall–Kier alpha value is 0.680. The van der Waals surface area contributed by atoms with Crippen molar-refractivity contribution in [1.29, 1.82) is 0 Å². The van der Waals surface area contributed by atoms with E-state index in [1.165, 1.54) is 0 Å². The third-order valence-corrected chi connectivity index (χ3v) is 0.355. The summed E-state index contributed by atoms with van der Waals surface area (Å²) in [6.07, 6.45) is 0.769. The van der Waals surface area contributed by atoms with E-state index in [0.717, 1.165) is 0 Å². The molecule has 0 aromatic rings. The second-order valence-corrected chi connectivity index (χ2v) is 0.971. The van der Waals surface area contributed by atoms with Crippen molar-refractivity contribution in [1.82, 2.24) is 0 Å². The first-order valence-electron chi connectivity index (χ1n) is 1.73. The van der Waals surface area contributed by atoms with E-state index in [9.17, 15) is 19.8 Å². The quantitative estimate of drug-likeness (QED) is 0.296. The predicted molar refractivity (Wildman–Crippen MR) is 19.2 cm³/mol. The maximum atomic E-state index is 9.41. The molecule has 6 heteroatoms. The second kappa shape index (κ2) is 9.68. The van der Waals surface area contributed by atoms with Crippen molar-refractivity contribution < 1.29 is 78.9 Å². The Balaban J connectivity index is -0.000000245. The summed E-state index contributed by atoms with van der Waals surface area (Å²) >= 11 is 0. The third kappa shape index (κ3) is 15.9. The van der Waals surface area contributed by atoms with Crippen molar-refractivity contribution in [2.24, 2.45) is 0 Å². The first kappa shape index (κ1) is 17.0. The third-order valence-electron chi connectivity index (χ3n) is 0.355. The predicted octanol–water partition coefficient (Wildman–Crippen LogP) is -8.95. The number of aliphatic carboxylic acids is 2. The summed E-state index contributed by atoms with van der Waals surface area (Å²) in [6, 6.07) is 0.